The van der Waals surface area contributed by atoms with Crippen molar-refractivity contribution in [3.05, 3.63) is 29.8 Å². The van der Waals surface area contributed by atoms with Gasteiger partial charge in [0, 0.05) is 6.04 Å². The van der Waals surface area contributed by atoms with Crippen LogP contribution in [0.25, 0.3) is 0 Å². The number of carbonyl (C=O) groups is 1. The highest BCUT2D eigenvalue weighted by Gasteiger charge is 2.23. The van der Waals surface area contributed by atoms with Crippen molar-refractivity contribution < 1.29 is 9.90 Å². The maximum absolute atomic E-state index is 11.6. The molecule has 4 nitrogen and oxygen atoms in total. The van der Waals surface area contributed by atoms with Crippen molar-refractivity contribution >= 4 is 5.91 Å². The van der Waals surface area contributed by atoms with E-state index in [4.69, 9.17) is 5.73 Å². The predicted octanol–water partition coefficient (Wildman–Crippen LogP) is 1.84. The van der Waals surface area contributed by atoms with Gasteiger partial charge in [-0.2, -0.15) is 0 Å². The number of aromatic hydroxyl groups is 1. The van der Waals surface area contributed by atoms with Gasteiger partial charge in [0.1, 0.15) is 11.8 Å². The third-order valence-corrected chi connectivity index (χ3v) is 3.50. The molecule has 0 heterocycles. The van der Waals surface area contributed by atoms with Crippen LogP contribution < -0.4 is 11.1 Å². The smallest absolute Gasteiger partial charge is 0.239 e. The molecule has 98 valence electrons. The molecular weight excluding hydrogens is 228 g/mol. The molecular formula is C14H20N2O2. The normalized spacial score (nSPS) is 18.4. The third-order valence-electron chi connectivity index (χ3n) is 3.50. The van der Waals surface area contributed by atoms with Gasteiger partial charge in [-0.25, -0.2) is 0 Å². The van der Waals surface area contributed by atoms with Crippen molar-refractivity contribution in [1.82, 2.24) is 5.32 Å². The molecule has 0 spiro atoms. The Kier molecular flexibility index (Phi) is 4.20. The van der Waals surface area contributed by atoms with E-state index in [1.165, 1.54) is 19.3 Å². The van der Waals surface area contributed by atoms with E-state index in [0.717, 1.165) is 18.4 Å². The molecule has 4 N–H and O–H groups in total. The molecule has 0 aliphatic heterocycles. The number of phenolic OH excluding ortho intramolecular Hbond substituents is 1. The highest BCUT2D eigenvalue weighted by molar-refractivity contribution is 5.81. The van der Waals surface area contributed by atoms with Gasteiger partial charge in [0.25, 0.3) is 0 Å². The first-order valence-electron chi connectivity index (χ1n) is 6.51. The van der Waals surface area contributed by atoms with Gasteiger partial charge in [0.2, 0.25) is 5.91 Å². The fourth-order valence-electron chi connectivity index (χ4n) is 2.55. The zero-order valence-corrected chi connectivity index (χ0v) is 10.4. The van der Waals surface area contributed by atoms with E-state index in [1.807, 2.05) is 6.07 Å². The number of rotatable bonds is 4. The lowest BCUT2D eigenvalue weighted by Gasteiger charge is -2.27. The molecule has 1 amide bonds. The molecule has 0 radical (unpaired) electrons. The summed E-state index contributed by atoms with van der Waals surface area (Å²) in [6.07, 6.45) is 5.84. The number of amides is 1. The summed E-state index contributed by atoms with van der Waals surface area (Å²) >= 11 is 0. The molecule has 1 aliphatic rings. The lowest BCUT2D eigenvalue weighted by atomic mass is 9.94. The monoisotopic (exact) mass is 248 g/mol. The molecule has 4 heteroatoms. The summed E-state index contributed by atoms with van der Waals surface area (Å²) < 4.78 is 0. The lowest BCUT2D eigenvalue weighted by molar-refractivity contribution is -0.120. The molecule has 1 unspecified atom stereocenters. The maximum Gasteiger partial charge on any atom is 0.239 e. The van der Waals surface area contributed by atoms with Crippen molar-refractivity contribution in [2.24, 2.45) is 5.73 Å². The zero-order valence-electron chi connectivity index (χ0n) is 10.4. The van der Waals surface area contributed by atoms with Crippen LogP contribution in [0, 0.1) is 0 Å². The molecule has 1 saturated carbocycles. The van der Waals surface area contributed by atoms with Crippen molar-refractivity contribution in [3.63, 3.8) is 0 Å². The van der Waals surface area contributed by atoms with Gasteiger partial charge in [0.05, 0.1) is 0 Å². The zero-order chi connectivity index (χ0) is 13.0. The SMILES string of the molecule is NC(=O)C(NC1CCCCC1)c1cccc(O)c1. The Morgan fingerprint density at radius 2 is 2.06 bits per heavy atom. The number of carbonyl (C=O) groups excluding carboxylic acids is 1. The van der Waals surface area contributed by atoms with Gasteiger partial charge in [0.15, 0.2) is 0 Å². The summed E-state index contributed by atoms with van der Waals surface area (Å²) in [5.74, 6) is -0.240. The minimum atomic E-state index is -0.514. The number of hydrogen-bond donors (Lipinski definition) is 3. The van der Waals surface area contributed by atoms with E-state index in [0.29, 0.717) is 6.04 Å². The second-order valence-electron chi connectivity index (χ2n) is 4.93. The lowest BCUT2D eigenvalue weighted by Crippen LogP contribution is -2.40. The number of hydrogen-bond acceptors (Lipinski definition) is 3. The average Bonchev–Trinajstić information content (AvgIpc) is 2.37. The van der Waals surface area contributed by atoms with Gasteiger partial charge in [-0.15, -0.1) is 0 Å². The first-order valence-corrected chi connectivity index (χ1v) is 6.51. The number of nitrogens with one attached hydrogen (secondary N) is 1. The van der Waals surface area contributed by atoms with E-state index in [1.54, 1.807) is 18.2 Å². The molecule has 2 rings (SSSR count). The Bertz CT molecular complexity index is 414. The molecule has 0 aromatic heterocycles. The fourth-order valence-corrected chi connectivity index (χ4v) is 2.55. The predicted molar refractivity (Wildman–Crippen MR) is 70.1 cm³/mol. The van der Waals surface area contributed by atoms with Crippen LogP contribution in [0.3, 0.4) is 0 Å². The molecule has 1 atom stereocenters. The summed E-state index contributed by atoms with van der Waals surface area (Å²) in [4.78, 5) is 11.6. The minimum absolute atomic E-state index is 0.157. The number of primary amides is 1. The van der Waals surface area contributed by atoms with Crippen LogP contribution in [0.4, 0.5) is 0 Å². The van der Waals surface area contributed by atoms with Crippen LogP contribution in [-0.4, -0.2) is 17.1 Å². The van der Waals surface area contributed by atoms with Crippen LogP contribution in [0.15, 0.2) is 24.3 Å². The van der Waals surface area contributed by atoms with Crippen molar-refractivity contribution in [3.8, 4) is 5.75 Å². The maximum atomic E-state index is 11.6. The molecule has 1 aromatic carbocycles. The minimum Gasteiger partial charge on any atom is -0.508 e. The van der Waals surface area contributed by atoms with Crippen LogP contribution in [0.5, 0.6) is 5.75 Å². The molecule has 0 saturated heterocycles. The van der Waals surface area contributed by atoms with Crippen LogP contribution in [0.2, 0.25) is 0 Å². The summed E-state index contributed by atoms with van der Waals surface area (Å²) in [7, 11) is 0. The van der Waals surface area contributed by atoms with Crippen LogP contribution >= 0.6 is 0 Å². The van der Waals surface area contributed by atoms with Crippen LogP contribution in [0.1, 0.15) is 43.7 Å². The number of phenols is 1. The van der Waals surface area contributed by atoms with E-state index < -0.39 is 11.9 Å². The Labute approximate surface area is 107 Å². The van der Waals surface area contributed by atoms with Crippen molar-refractivity contribution in [2.45, 2.75) is 44.2 Å². The topological polar surface area (TPSA) is 75.4 Å². The van der Waals surface area contributed by atoms with Gasteiger partial charge < -0.3 is 10.8 Å². The largest absolute Gasteiger partial charge is 0.508 e. The molecule has 1 aromatic rings. The van der Waals surface area contributed by atoms with Gasteiger partial charge in [-0.05, 0) is 30.5 Å². The Morgan fingerprint density at radius 3 is 2.67 bits per heavy atom. The Morgan fingerprint density at radius 1 is 1.33 bits per heavy atom. The second kappa shape index (κ2) is 5.87. The van der Waals surface area contributed by atoms with E-state index in [-0.39, 0.29) is 5.75 Å². The van der Waals surface area contributed by atoms with E-state index >= 15 is 0 Å². The second-order valence-corrected chi connectivity index (χ2v) is 4.93. The Hall–Kier alpha value is -1.55. The molecule has 0 bridgehead atoms. The fraction of sp³-hybridized carbons (Fsp3) is 0.500. The van der Waals surface area contributed by atoms with E-state index in [2.05, 4.69) is 5.32 Å². The molecule has 1 fully saturated rings. The first kappa shape index (κ1) is 12.9. The van der Waals surface area contributed by atoms with Crippen molar-refractivity contribution in [1.29, 1.82) is 0 Å². The van der Waals surface area contributed by atoms with Gasteiger partial charge in [-0.1, -0.05) is 31.4 Å². The average molecular weight is 248 g/mol. The standard InChI is InChI=1S/C14H20N2O2/c15-14(18)13(10-5-4-8-12(17)9-10)16-11-6-2-1-3-7-11/h4-5,8-9,11,13,16-17H,1-3,6-7H2,(H2,15,18). The highest BCUT2D eigenvalue weighted by Crippen LogP contribution is 2.23. The van der Waals surface area contributed by atoms with Gasteiger partial charge in [-0.3, -0.25) is 10.1 Å². The summed E-state index contributed by atoms with van der Waals surface area (Å²) in [6.45, 7) is 0. The summed E-state index contributed by atoms with van der Waals surface area (Å²) in [5.41, 5.74) is 6.18. The quantitative estimate of drug-likeness (QED) is 0.761. The molecule has 1 aliphatic carbocycles. The molecule has 18 heavy (non-hydrogen) atoms. The van der Waals surface area contributed by atoms with Crippen molar-refractivity contribution in [2.75, 3.05) is 0 Å². The number of benzene rings is 1. The first-order chi connectivity index (χ1) is 8.66. The van der Waals surface area contributed by atoms with Gasteiger partial charge >= 0.3 is 0 Å². The third kappa shape index (κ3) is 3.23. The number of nitrogens with two attached hydrogens (primary N) is 1. The highest BCUT2D eigenvalue weighted by atomic mass is 16.3. The van der Waals surface area contributed by atoms with Crippen LogP contribution in [-0.2, 0) is 4.79 Å². The van der Waals surface area contributed by atoms with E-state index in [9.17, 15) is 9.90 Å². The summed E-state index contributed by atoms with van der Waals surface area (Å²) in [5, 5.41) is 12.8. The summed E-state index contributed by atoms with van der Waals surface area (Å²) in [6, 6.07) is 6.54. The Balaban J connectivity index is 2.10.